The summed E-state index contributed by atoms with van der Waals surface area (Å²) in [4.78, 5) is 58.4. The van der Waals surface area contributed by atoms with Crippen LogP contribution < -0.4 is 11.2 Å². The highest BCUT2D eigenvalue weighted by molar-refractivity contribution is 7.20. The van der Waals surface area contributed by atoms with Crippen molar-refractivity contribution in [2.24, 2.45) is 0 Å². The smallest absolute Gasteiger partial charge is 0.337 e. The van der Waals surface area contributed by atoms with Crippen LogP contribution in [0.4, 0.5) is 0 Å². The molecule has 1 aliphatic heterocycles. The molecular formula is C26H30Cl2N4O4S. The van der Waals surface area contributed by atoms with Crippen molar-refractivity contribution < 1.29 is 9.59 Å². The highest BCUT2D eigenvalue weighted by Gasteiger charge is 2.29. The van der Waals surface area contributed by atoms with E-state index in [0.29, 0.717) is 34.9 Å². The zero-order chi connectivity index (χ0) is 27.0. The molecule has 0 aliphatic carbocycles. The van der Waals surface area contributed by atoms with E-state index in [4.69, 9.17) is 23.2 Å². The van der Waals surface area contributed by atoms with Crippen LogP contribution in [0.2, 0.25) is 10.0 Å². The second kappa shape index (κ2) is 11.0. The lowest BCUT2D eigenvalue weighted by Gasteiger charge is -2.33. The molecule has 1 atom stereocenters. The number of carbonyl (C=O) groups is 2. The van der Waals surface area contributed by atoms with Gasteiger partial charge in [-0.3, -0.25) is 19.0 Å². The van der Waals surface area contributed by atoms with Crippen molar-refractivity contribution in [3.8, 4) is 5.69 Å². The first kappa shape index (κ1) is 27.4. The van der Waals surface area contributed by atoms with E-state index in [0.717, 1.165) is 35.2 Å². The second-order valence-corrected chi connectivity index (χ2v) is 11.1. The lowest BCUT2D eigenvalue weighted by molar-refractivity contribution is -0.135. The summed E-state index contributed by atoms with van der Waals surface area (Å²) in [6, 6.07) is 4.56. The molecule has 1 aromatic carbocycles. The van der Waals surface area contributed by atoms with Crippen LogP contribution in [0.15, 0.2) is 27.8 Å². The second-order valence-electron chi connectivity index (χ2n) is 9.25. The molecule has 1 saturated heterocycles. The highest BCUT2D eigenvalue weighted by atomic mass is 35.5. The molecule has 0 radical (unpaired) electrons. The Morgan fingerprint density at radius 2 is 1.81 bits per heavy atom. The molecule has 198 valence electrons. The van der Waals surface area contributed by atoms with Gasteiger partial charge in [0.25, 0.3) is 11.5 Å². The van der Waals surface area contributed by atoms with Crippen molar-refractivity contribution in [1.29, 1.82) is 0 Å². The van der Waals surface area contributed by atoms with Crippen LogP contribution in [0.1, 0.15) is 55.3 Å². The van der Waals surface area contributed by atoms with Gasteiger partial charge in [-0.1, -0.05) is 23.2 Å². The Hall–Kier alpha value is -2.62. The van der Waals surface area contributed by atoms with E-state index in [-0.39, 0.29) is 45.5 Å². The molecule has 3 aromatic rings. The maximum Gasteiger partial charge on any atom is 0.337 e. The molecule has 1 fully saturated rings. The van der Waals surface area contributed by atoms with Crippen LogP contribution >= 0.6 is 34.5 Å². The van der Waals surface area contributed by atoms with E-state index in [1.165, 1.54) is 22.8 Å². The Morgan fingerprint density at radius 3 is 2.43 bits per heavy atom. The fraction of sp³-hybridized carbons (Fsp3) is 0.462. The molecule has 2 amide bonds. The maximum absolute atomic E-state index is 13.8. The molecule has 11 heteroatoms. The first-order chi connectivity index (χ1) is 17.6. The number of piperidine rings is 1. The number of aromatic nitrogens is 2. The van der Waals surface area contributed by atoms with Crippen molar-refractivity contribution in [3.05, 3.63) is 59.5 Å². The number of carbonyl (C=O) groups excluding carboxylic acids is 2. The highest BCUT2D eigenvalue weighted by Crippen LogP contribution is 2.30. The Kier molecular flexibility index (Phi) is 8.16. The van der Waals surface area contributed by atoms with E-state index in [9.17, 15) is 19.2 Å². The number of hydrogen-bond acceptors (Lipinski definition) is 5. The molecule has 37 heavy (non-hydrogen) atoms. The minimum Gasteiger partial charge on any atom is -0.338 e. The molecule has 0 bridgehead atoms. The number of nitrogens with zero attached hydrogens (tertiary/aromatic N) is 4. The number of benzene rings is 1. The molecule has 3 heterocycles. The van der Waals surface area contributed by atoms with E-state index < -0.39 is 11.2 Å². The summed E-state index contributed by atoms with van der Waals surface area (Å²) >= 11 is 13.4. The summed E-state index contributed by atoms with van der Waals surface area (Å²) in [7, 11) is 0. The third kappa shape index (κ3) is 4.96. The fourth-order valence-electron chi connectivity index (χ4n) is 4.89. The average Bonchev–Trinajstić information content (AvgIpc) is 3.22. The number of rotatable bonds is 6. The van der Waals surface area contributed by atoms with Gasteiger partial charge in [-0.2, -0.15) is 0 Å². The van der Waals surface area contributed by atoms with Crippen LogP contribution in [0.5, 0.6) is 0 Å². The number of fused-ring (bicyclic) bond motifs is 1. The summed E-state index contributed by atoms with van der Waals surface area (Å²) in [5, 5.41) is 0.716. The first-order valence-electron chi connectivity index (χ1n) is 12.4. The van der Waals surface area contributed by atoms with Crippen LogP contribution in [-0.2, 0) is 11.3 Å². The van der Waals surface area contributed by atoms with Crippen molar-refractivity contribution in [1.82, 2.24) is 18.9 Å². The fourth-order valence-corrected chi connectivity index (χ4v) is 6.44. The average molecular weight is 566 g/mol. The number of thiophene rings is 1. The topological polar surface area (TPSA) is 84.6 Å². The zero-order valence-electron chi connectivity index (χ0n) is 21.3. The van der Waals surface area contributed by atoms with Crippen LogP contribution in [0.25, 0.3) is 15.9 Å². The standard InChI is InChI=1S/C26H30Cl2N4O4S/c1-5-29(6-2)24(35)22-16(4)21-23(34)32(17-10-11-18(27)19(28)13-17)26(36)31(25(21)37-22)14-20(33)30-12-8-7-9-15(30)3/h10-11,13,15H,5-9,12,14H2,1-4H3. The van der Waals surface area contributed by atoms with Crippen molar-refractivity contribution in [3.63, 3.8) is 0 Å². The first-order valence-corrected chi connectivity index (χ1v) is 14.0. The zero-order valence-corrected chi connectivity index (χ0v) is 23.7. The van der Waals surface area contributed by atoms with Gasteiger partial charge in [0, 0.05) is 25.7 Å². The van der Waals surface area contributed by atoms with Crippen LogP contribution in [0, 0.1) is 6.92 Å². The molecule has 8 nitrogen and oxygen atoms in total. The summed E-state index contributed by atoms with van der Waals surface area (Å²) in [5.74, 6) is -0.406. The molecule has 1 aliphatic rings. The number of hydrogen-bond donors (Lipinski definition) is 0. The predicted molar refractivity (Wildman–Crippen MR) is 149 cm³/mol. The Labute approximate surface area is 229 Å². The summed E-state index contributed by atoms with van der Waals surface area (Å²) in [6.07, 6.45) is 2.86. The number of amides is 2. The van der Waals surface area contributed by atoms with Crippen molar-refractivity contribution in [2.45, 2.75) is 59.5 Å². The van der Waals surface area contributed by atoms with E-state index in [2.05, 4.69) is 0 Å². The largest absolute Gasteiger partial charge is 0.338 e. The lowest BCUT2D eigenvalue weighted by atomic mass is 10.0. The quantitative estimate of drug-likeness (QED) is 0.434. The third-order valence-corrected chi connectivity index (χ3v) is 9.08. The van der Waals surface area contributed by atoms with E-state index in [1.807, 2.05) is 20.8 Å². The van der Waals surface area contributed by atoms with Gasteiger partial charge in [-0.05, 0) is 70.7 Å². The molecule has 4 rings (SSSR count). The van der Waals surface area contributed by atoms with Gasteiger partial charge in [-0.25, -0.2) is 9.36 Å². The lowest BCUT2D eigenvalue weighted by Crippen LogP contribution is -2.46. The third-order valence-electron chi connectivity index (χ3n) is 7.04. The van der Waals surface area contributed by atoms with Crippen LogP contribution in [0.3, 0.4) is 0 Å². The summed E-state index contributed by atoms with van der Waals surface area (Å²) < 4.78 is 2.32. The van der Waals surface area contributed by atoms with Gasteiger partial charge in [-0.15, -0.1) is 11.3 Å². The van der Waals surface area contributed by atoms with Gasteiger partial charge in [0.15, 0.2) is 0 Å². The van der Waals surface area contributed by atoms with Crippen LogP contribution in [-0.4, -0.2) is 56.4 Å². The van der Waals surface area contributed by atoms with Crippen molar-refractivity contribution >= 4 is 56.6 Å². The molecule has 0 spiro atoms. The Morgan fingerprint density at radius 1 is 1.11 bits per heavy atom. The van der Waals surface area contributed by atoms with Gasteiger partial charge in [0.2, 0.25) is 5.91 Å². The molecule has 1 unspecified atom stereocenters. The summed E-state index contributed by atoms with van der Waals surface area (Å²) in [6.45, 7) is 8.88. The predicted octanol–water partition coefficient (Wildman–Crippen LogP) is 4.71. The SMILES string of the molecule is CCN(CC)C(=O)c1sc2c(c1C)c(=O)n(-c1ccc(Cl)c(Cl)c1)c(=O)n2CC(=O)N1CCCCC1C. The normalized spacial score (nSPS) is 15.8. The summed E-state index contributed by atoms with van der Waals surface area (Å²) in [5.41, 5.74) is -0.512. The van der Waals surface area contributed by atoms with Gasteiger partial charge in [0.05, 0.1) is 26.0 Å². The Balaban J connectivity index is 1.98. The van der Waals surface area contributed by atoms with E-state index in [1.54, 1.807) is 16.7 Å². The van der Waals surface area contributed by atoms with Gasteiger partial charge < -0.3 is 9.80 Å². The molecule has 0 saturated carbocycles. The van der Waals surface area contributed by atoms with Gasteiger partial charge >= 0.3 is 5.69 Å². The van der Waals surface area contributed by atoms with E-state index >= 15 is 0 Å². The molecule has 0 N–H and O–H groups in total. The number of halogens is 2. The molecular weight excluding hydrogens is 535 g/mol. The number of likely N-dealkylation sites (tertiary alicyclic amines) is 1. The maximum atomic E-state index is 13.8. The van der Waals surface area contributed by atoms with Gasteiger partial charge in [0.1, 0.15) is 11.4 Å². The minimum absolute atomic E-state index is 0.0679. The molecule has 2 aromatic heterocycles. The van der Waals surface area contributed by atoms with Crippen molar-refractivity contribution in [2.75, 3.05) is 19.6 Å². The Bertz CT molecular complexity index is 1490. The monoisotopic (exact) mass is 564 g/mol. The minimum atomic E-state index is -0.669. The number of aryl methyl sites for hydroxylation is 1.